The number of hydrogen-bond acceptors (Lipinski definition) is 9. The smallest absolute Gasteiger partial charge is 0.169 e. The standard InChI is InChI=1S/C21H22Cl2N4O5/c22-12-7-14-15(8-13(12)23)26-21(16(25-14)6-11-4-2-1-3-5-11)27-24-9-17(29)19(31)20(32)18(30)10-28/h1-5,7-9,17-20,28-32H,6,10H2,(H,26,27)/b24-9+/t17?,18-,19-,20-/m1/s1. The van der Waals surface area contributed by atoms with E-state index < -0.39 is 31.0 Å². The van der Waals surface area contributed by atoms with Crippen molar-refractivity contribution in [2.45, 2.75) is 30.8 Å². The summed E-state index contributed by atoms with van der Waals surface area (Å²) in [7, 11) is 0. The van der Waals surface area contributed by atoms with E-state index in [2.05, 4.69) is 20.5 Å². The average Bonchev–Trinajstić information content (AvgIpc) is 2.79. The number of hydrogen-bond donors (Lipinski definition) is 6. The van der Waals surface area contributed by atoms with Gasteiger partial charge in [-0.25, -0.2) is 9.97 Å². The second-order valence-electron chi connectivity index (χ2n) is 7.05. The van der Waals surface area contributed by atoms with Gasteiger partial charge in [0.05, 0.1) is 39.6 Å². The molecular formula is C21H22Cl2N4O5. The molecular weight excluding hydrogens is 459 g/mol. The van der Waals surface area contributed by atoms with Gasteiger partial charge in [-0.1, -0.05) is 53.5 Å². The van der Waals surface area contributed by atoms with Crippen LogP contribution in [0.4, 0.5) is 5.82 Å². The van der Waals surface area contributed by atoms with Crippen LogP contribution in [0.3, 0.4) is 0 Å². The van der Waals surface area contributed by atoms with Crippen LogP contribution in [0.1, 0.15) is 11.3 Å². The fraction of sp³-hybridized carbons (Fsp3) is 0.286. The molecule has 6 N–H and O–H groups in total. The van der Waals surface area contributed by atoms with Crippen molar-refractivity contribution < 1.29 is 25.5 Å². The maximum Gasteiger partial charge on any atom is 0.169 e. The van der Waals surface area contributed by atoms with Crippen LogP contribution in [0.2, 0.25) is 10.0 Å². The van der Waals surface area contributed by atoms with E-state index in [-0.39, 0.29) is 5.82 Å². The first-order valence-corrected chi connectivity index (χ1v) is 10.4. The molecule has 9 nitrogen and oxygen atoms in total. The van der Waals surface area contributed by atoms with E-state index >= 15 is 0 Å². The van der Waals surface area contributed by atoms with Crippen LogP contribution in [0, 0.1) is 0 Å². The van der Waals surface area contributed by atoms with Crippen molar-refractivity contribution in [1.82, 2.24) is 9.97 Å². The lowest BCUT2D eigenvalue weighted by Crippen LogP contribution is -2.46. The van der Waals surface area contributed by atoms with E-state index in [0.29, 0.717) is 33.2 Å². The summed E-state index contributed by atoms with van der Waals surface area (Å²) < 4.78 is 0. The van der Waals surface area contributed by atoms with Gasteiger partial charge in [-0.2, -0.15) is 5.10 Å². The van der Waals surface area contributed by atoms with E-state index in [9.17, 15) is 20.4 Å². The third-order valence-corrected chi connectivity index (χ3v) is 5.39. The minimum Gasteiger partial charge on any atom is -0.394 e. The zero-order valence-corrected chi connectivity index (χ0v) is 18.2. The zero-order chi connectivity index (χ0) is 23.3. The molecule has 3 aromatic rings. The highest BCUT2D eigenvalue weighted by Crippen LogP contribution is 2.28. The summed E-state index contributed by atoms with van der Waals surface area (Å²) in [5, 5.41) is 52.4. The zero-order valence-electron chi connectivity index (χ0n) is 16.7. The summed E-state index contributed by atoms with van der Waals surface area (Å²) in [5.74, 6) is 0.286. The van der Waals surface area contributed by atoms with Crippen molar-refractivity contribution in [3.05, 3.63) is 63.8 Å². The number of anilines is 1. The van der Waals surface area contributed by atoms with E-state index in [1.165, 1.54) is 0 Å². The van der Waals surface area contributed by atoms with E-state index in [1.54, 1.807) is 12.1 Å². The van der Waals surface area contributed by atoms with Crippen LogP contribution in [0.5, 0.6) is 0 Å². The highest BCUT2D eigenvalue weighted by molar-refractivity contribution is 6.42. The van der Waals surface area contributed by atoms with Gasteiger partial charge in [-0.15, -0.1) is 0 Å². The maximum atomic E-state index is 9.99. The molecule has 170 valence electrons. The van der Waals surface area contributed by atoms with Crippen molar-refractivity contribution in [1.29, 1.82) is 0 Å². The average molecular weight is 481 g/mol. The Morgan fingerprint density at radius 3 is 2.19 bits per heavy atom. The lowest BCUT2D eigenvalue weighted by molar-refractivity contribution is -0.0999. The van der Waals surface area contributed by atoms with Crippen LogP contribution in [-0.4, -0.2) is 72.7 Å². The Morgan fingerprint density at radius 1 is 0.938 bits per heavy atom. The van der Waals surface area contributed by atoms with E-state index in [1.807, 2.05) is 30.3 Å². The van der Waals surface area contributed by atoms with Crippen molar-refractivity contribution in [3.8, 4) is 0 Å². The Hall–Kier alpha value is -2.37. The number of fused-ring (bicyclic) bond motifs is 1. The second kappa shape index (κ2) is 11.0. The predicted molar refractivity (Wildman–Crippen MR) is 122 cm³/mol. The lowest BCUT2D eigenvalue weighted by atomic mass is 10.0. The SMILES string of the molecule is OC[C@@H](O)[C@@H](O)[C@H](O)C(O)/C=N/Nc1nc2cc(Cl)c(Cl)cc2nc1Cc1ccccc1. The van der Waals surface area contributed by atoms with Gasteiger partial charge in [0, 0.05) is 6.42 Å². The molecule has 0 aliphatic carbocycles. The van der Waals surface area contributed by atoms with E-state index in [0.717, 1.165) is 11.8 Å². The molecule has 0 aliphatic heterocycles. The molecule has 4 atom stereocenters. The number of nitrogens with zero attached hydrogens (tertiary/aromatic N) is 3. The third-order valence-electron chi connectivity index (χ3n) is 4.67. The molecule has 1 aromatic heterocycles. The Balaban J connectivity index is 1.87. The largest absolute Gasteiger partial charge is 0.394 e. The summed E-state index contributed by atoms with van der Waals surface area (Å²) in [6.45, 7) is -0.775. The lowest BCUT2D eigenvalue weighted by Gasteiger charge is -2.23. The molecule has 0 saturated carbocycles. The monoisotopic (exact) mass is 480 g/mol. The molecule has 32 heavy (non-hydrogen) atoms. The van der Waals surface area contributed by atoms with Gasteiger partial charge in [-0.05, 0) is 17.7 Å². The van der Waals surface area contributed by atoms with Crippen LogP contribution in [0.25, 0.3) is 11.0 Å². The topological polar surface area (TPSA) is 151 Å². The van der Waals surface area contributed by atoms with Crippen LogP contribution in [-0.2, 0) is 6.42 Å². The Morgan fingerprint density at radius 2 is 1.56 bits per heavy atom. The van der Waals surface area contributed by atoms with Gasteiger partial charge in [0.2, 0.25) is 0 Å². The molecule has 0 fully saturated rings. The second-order valence-corrected chi connectivity index (χ2v) is 7.86. The molecule has 0 radical (unpaired) electrons. The predicted octanol–water partition coefficient (Wildman–Crippen LogP) is 1.36. The van der Waals surface area contributed by atoms with Gasteiger partial charge in [0.25, 0.3) is 0 Å². The first-order chi connectivity index (χ1) is 15.3. The summed E-state index contributed by atoms with van der Waals surface area (Å²) in [5.41, 5.74) is 5.21. The van der Waals surface area contributed by atoms with Crippen LogP contribution >= 0.6 is 23.2 Å². The van der Waals surface area contributed by atoms with E-state index in [4.69, 9.17) is 28.3 Å². The first kappa shape index (κ1) is 24.3. The summed E-state index contributed by atoms with van der Waals surface area (Å²) >= 11 is 12.2. The molecule has 0 amide bonds. The number of hydrazone groups is 1. The van der Waals surface area contributed by atoms with Crippen LogP contribution < -0.4 is 5.43 Å². The Bertz CT molecular complexity index is 1090. The first-order valence-electron chi connectivity index (χ1n) is 9.62. The van der Waals surface area contributed by atoms with Gasteiger partial charge in [0.1, 0.15) is 24.4 Å². The normalized spacial score (nSPS) is 15.6. The number of aliphatic hydroxyl groups is 5. The summed E-state index contributed by atoms with van der Waals surface area (Å²) in [6.07, 6.45) is -5.41. The number of aliphatic hydroxyl groups excluding tert-OH is 5. The minimum atomic E-state index is -1.77. The Kier molecular flexibility index (Phi) is 8.32. The molecule has 3 rings (SSSR count). The van der Waals surface area contributed by atoms with Crippen molar-refractivity contribution in [3.63, 3.8) is 0 Å². The molecule has 0 aliphatic rings. The van der Waals surface area contributed by atoms with Gasteiger partial charge in [0.15, 0.2) is 5.82 Å². The summed E-state index contributed by atoms with van der Waals surface area (Å²) in [4.78, 5) is 9.11. The highest BCUT2D eigenvalue weighted by atomic mass is 35.5. The van der Waals surface area contributed by atoms with Crippen LogP contribution in [0.15, 0.2) is 47.6 Å². The molecule has 11 heteroatoms. The van der Waals surface area contributed by atoms with Crippen molar-refractivity contribution in [2.75, 3.05) is 12.0 Å². The Labute approximate surface area is 193 Å². The number of benzene rings is 2. The number of nitrogens with one attached hydrogen (secondary N) is 1. The molecule has 1 unspecified atom stereocenters. The van der Waals surface area contributed by atoms with Gasteiger partial charge < -0.3 is 25.5 Å². The quantitative estimate of drug-likeness (QED) is 0.198. The minimum absolute atomic E-state index is 0.286. The highest BCUT2D eigenvalue weighted by Gasteiger charge is 2.29. The third kappa shape index (κ3) is 5.90. The van der Waals surface area contributed by atoms with Crippen molar-refractivity contribution in [2.24, 2.45) is 5.10 Å². The molecule has 0 spiro atoms. The molecule has 2 aromatic carbocycles. The van der Waals surface area contributed by atoms with Gasteiger partial charge >= 0.3 is 0 Å². The number of halogens is 2. The number of rotatable bonds is 9. The molecule has 0 saturated heterocycles. The maximum absolute atomic E-state index is 9.99. The summed E-state index contributed by atoms with van der Waals surface area (Å²) in [6, 6.07) is 12.7. The molecule has 1 heterocycles. The number of aromatic nitrogens is 2. The van der Waals surface area contributed by atoms with Gasteiger partial charge in [-0.3, -0.25) is 5.43 Å². The fourth-order valence-electron chi connectivity index (χ4n) is 2.89. The fourth-order valence-corrected chi connectivity index (χ4v) is 3.21. The van der Waals surface area contributed by atoms with Crippen molar-refractivity contribution >= 4 is 46.3 Å². The molecule has 0 bridgehead atoms.